The van der Waals surface area contributed by atoms with Crippen LogP contribution in [-0.4, -0.2) is 19.2 Å². The molecule has 0 saturated carbocycles. The second kappa shape index (κ2) is 3.94. The molecule has 96 valence electrons. The zero-order valence-electron chi connectivity index (χ0n) is 11.4. The van der Waals surface area contributed by atoms with Gasteiger partial charge in [-0.15, -0.1) is 0 Å². The van der Waals surface area contributed by atoms with Gasteiger partial charge in [0.05, 0.1) is 5.41 Å². The Balaban J connectivity index is 2.75. The molecular formula is C15H19NO2. The molecule has 0 spiro atoms. The zero-order chi connectivity index (χ0) is 13.6. The van der Waals surface area contributed by atoms with Gasteiger partial charge in [0.1, 0.15) is 6.29 Å². The van der Waals surface area contributed by atoms with Gasteiger partial charge in [0, 0.05) is 19.2 Å². The van der Waals surface area contributed by atoms with Gasteiger partial charge in [-0.25, -0.2) is 0 Å². The second-order valence-corrected chi connectivity index (χ2v) is 5.91. The highest BCUT2D eigenvalue weighted by Gasteiger charge is 2.56. The summed E-state index contributed by atoms with van der Waals surface area (Å²) in [5.41, 5.74) is 0.850. The first-order valence-corrected chi connectivity index (χ1v) is 6.17. The van der Waals surface area contributed by atoms with Crippen molar-refractivity contribution in [3.05, 3.63) is 29.8 Å². The largest absolute Gasteiger partial charge is 0.314 e. The summed E-state index contributed by atoms with van der Waals surface area (Å²) in [6, 6.07) is 7.75. The van der Waals surface area contributed by atoms with Crippen molar-refractivity contribution >= 4 is 17.9 Å². The topological polar surface area (TPSA) is 37.4 Å². The number of carbonyl (C=O) groups is 2. The Hall–Kier alpha value is -1.64. The fraction of sp³-hybridized carbons (Fsp3) is 0.467. The molecule has 1 amide bonds. The molecule has 1 atom stereocenters. The molecule has 0 N–H and O–H groups in total. The van der Waals surface area contributed by atoms with Crippen molar-refractivity contribution in [3.8, 4) is 0 Å². The lowest BCUT2D eigenvalue weighted by atomic mass is 9.61. The van der Waals surface area contributed by atoms with Crippen LogP contribution >= 0.6 is 0 Å². The molecule has 0 radical (unpaired) electrons. The smallest absolute Gasteiger partial charge is 0.238 e. The summed E-state index contributed by atoms with van der Waals surface area (Å²) >= 11 is 0. The normalized spacial score (nSPS) is 23.1. The molecular weight excluding hydrogens is 226 g/mol. The van der Waals surface area contributed by atoms with Crippen LogP contribution in [0.5, 0.6) is 0 Å². The van der Waals surface area contributed by atoms with Crippen LogP contribution in [0.1, 0.15) is 32.8 Å². The number of hydrogen-bond acceptors (Lipinski definition) is 2. The fourth-order valence-electron chi connectivity index (χ4n) is 2.99. The van der Waals surface area contributed by atoms with Crippen LogP contribution < -0.4 is 4.90 Å². The molecule has 1 aromatic carbocycles. The molecule has 0 fully saturated rings. The van der Waals surface area contributed by atoms with Gasteiger partial charge in [0.2, 0.25) is 5.91 Å². The summed E-state index contributed by atoms with van der Waals surface area (Å²) < 4.78 is 0. The molecule has 3 nitrogen and oxygen atoms in total. The Labute approximate surface area is 108 Å². The van der Waals surface area contributed by atoms with Crippen molar-refractivity contribution in [1.29, 1.82) is 0 Å². The molecule has 0 aliphatic carbocycles. The lowest BCUT2D eigenvalue weighted by Gasteiger charge is -2.39. The third-order valence-electron chi connectivity index (χ3n) is 4.06. The first kappa shape index (κ1) is 12.8. The van der Waals surface area contributed by atoms with Crippen molar-refractivity contribution in [1.82, 2.24) is 0 Å². The van der Waals surface area contributed by atoms with Crippen molar-refractivity contribution in [3.63, 3.8) is 0 Å². The van der Waals surface area contributed by atoms with E-state index in [4.69, 9.17) is 0 Å². The Kier molecular flexibility index (Phi) is 2.80. The Bertz CT molecular complexity index is 501. The number of anilines is 1. The van der Waals surface area contributed by atoms with Crippen molar-refractivity contribution < 1.29 is 9.59 Å². The SMILES string of the molecule is CN1C(=O)[C@@](CC=O)(C(C)(C)C)c2ccccc21. The maximum atomic E-state index is 12.7. The van der Waals surface area contributed by atoms with E-state index in [1.165, 1.54) is 0 Å². The number of aldehydes is 1. The van der Waals surface area contributed by atoms with Gasteiger partial charge >= 0.3 is 0 Å². The number of likely N-dealkylation sites (N-methyl/N-ethyl adjacent to an activating group) is 1. The molecule has 0 bridgehead atoms. The summed E-state index contributed by atoms with van der Waals surface area (Å²) in [5, 5.41) is 0. The van der Waals surface area contributed by atoms with E-state index in [0.717, 1.165) is 17.5 Å². The van der Waals surface area contributed by atoms with Crippen molar-refractivity contribution in [2.45, 2.75) is 32.6 Å². The first-order chi connectivity index (χ1) is 8.36. The van der Waals surface area contributed by atoms with Gasteiger partial charge in [0.25, 0.3) is 0 Å². The highest BCUT2D eigenvalue weighted by molar-refractivity contribution is 6.09. The van der Waals surface area contributed by atoms with Crippen LogP contribution in [-0.2, 0) is 15.0 Å². The molecule has 0 saturated heterocycles. The minimum atomic E-state index is -0.736. The van der Waals surface area contributed by atoms with E-state index in [9.17, 15) is 9.59 Å². The van der Waals surface area contributed by atoms with Crippen LogP contribution in [0.25, 0.3) is 0 Å². The zero-order valence-corrected chi connectivity index (χ0v) is 11.4. The summed E-state index contributed by atoms with van der Waals surface area (Å²) in [7, 11) is 1.78. The molecule has 2 rings (SSSR count). The van der Waals surface area contributed by atoms with Gasteiger partial charge in [-0.3, -0.25) is 4.79 Å². The minimum Gasteiger partial charge on any atom is -0.314 e. The van der Waals surface area contributed by atoms with Gasteiger partial charge in [-0.2, -0.15) is 0 Å². The highest BCUT2D eigenvalue weighted by atomic mass is 16.2. The Morgan fingerprint density at radius 2 is 1.89 bits per heavy atom. The summed E-state index contributed by atoms with van der Waals surface area (Å²) in [4.78, 5) is 25.5. The fourth-order valence-corrected chi connectivity index (χ4v) is 2.99. The second-order valence-electron chi connectivity index (χ2n) is 5.91. The maximum absolute atomic E-state index is 12.7. The lowest BCUT2D eigenvalue weighted by Crippen LogP contribution is -2.48. The van der Waals surface area contributed by atoms with Crippen LogP contribution in [0.3, 0.4) is 0 Å². The summed E-state index contributed by atoms with van der Waals surface area (Å²) in [5.74, 6) is 0.0169. The molecule has 0 aromatic heterocycles. The van der Waals surface area contributed by atoms with Crippen LogP contribution in [0.4, 0.5) is 5.69 Å². The predicted octanol–water partition coefficient (Wildman–Crippen LogP) is 2.54. The van der Waals surface area contributed by atoms with Crippen LogP contribution in [0.15, 0.2) is 24.3 Å². The number of carbonyl (C=O) groups excluding carboxylic acids is 2. The van der Waals surface area contributed by atoms with Crippen LogP contribution in [0, 0.1) is 5.41 Å². The van der Waals surface area contributed by atoms with E-state index < -0.39 is 5.41 Å². The lowest BCUT2D eigenvalue weighted by molar-refractivity contribution is -0.129. The molecule has 1 aliphatic rings. The average molecular weight is 245 g/mol. The van der Waals surface area contributed by atoms with Gasteiger partial charge in [-0.1, -0.05) is 39.0 Å². The molecule has 18 heavy (non-hydrogen) atoms. The summed E-state index contributed by atoms with van der Waals surface area (Å²) in [6.45, 7) is 6.05. The first-order valence-electron chi connectivity index (χ1n) is 6.17. The van der Waals surface area contributed by atoms with Gasteiger partial charge in [-0.05, 0) is 17.0 Å². The van der Waals surface area contributed by atoms with E-state index in [1.54, 1.807) is 11.9 Å². The molecule has 1 aromatic rings. The maximum Gasteiger partial charge on any atom is 0.238 e. The van der Waals surface area contributed by atoms with Gasteiger partial charge < -0.3 is 9.69 Å². The number of hydrogen-bond donors (Lipinski definition) is 0. The van der Waals surface area contributed by atoms with Crippen molar-refractivity contribution in [2.24, 2.45) is 5.41 Å². The van der Waals surface area contributed by atoms with Crippen molar-refractivity contribution in [2.75, 3.05) is 11.9 Å². The predicted molar refractivity (Wildman–Crippen MR) is 71.7 cm³/mol. The average Bonchev–Trinajstić information content (AvgIpc) is 2.53. The van der Waals surface area contributed by atoms with E-state index >= 15 is 0 Å². The highest BCUT2D eigenvalue weighted by Crippen LogP contribution is 2.52. The number of amides is 1. The third-order valence-corrected chi connectivity index (χ3v) is 4.06. The van der Waals surface area contributed by atoms with E-state index in [2.05, 4.69) is 0 Å². The number of para-hydroxylation sites is 1. The van der Waals surface area contributed by atoms with E-state index in [-0.39, 0.29) is 17.7 Å². The molecule has 1 aliphatic heterocycles. The molecule has 1 heterocycles. The standard InChI is InChI=1S/C15H19NO2/c1-14(2,3)15(9-10-17)11-7-5-6-8-12(11)16(4)13(15)18/h5-8,10H,9H2,1-4H3/t15-/m0/s1. The molecule has 3 heteroatoms. The minimum absolute atomic E-state index is 0.0169. The number of fused-ring (bicyclic) bond motifs is 1. The number of rotatable bonds is 2. The summed E-state index contributed by atoms with van der Waals surface area (Å²) in [6.07, 6.45) is 1.09. The Morgan fingerprint density at radius 3 is 2.44 bits per heavy atom. The van der Waals surface area contributed by atoms with Crippen LogP contribution in [0.2, 0.25) is 0 Å². The Morgan fingerprint density at radius 1 is 1.28 bits per heavy atom. The monoisotopic (exact) mass is 245 g/mol. The van der Waals surface area contributed by atoms with E-state index in [1.807, 2.05) is 45.0 Å². The quantitative estimate of drug-likeness (QED) is 0.751. The third kappa shape index (κ3) is 1.43. The number of benzene rings is 1. The number of nitrogens with zero attached hydrogens (tertiary/aromatic N) is 1. The molecule has 0 unspecified atom stereocenters. The van der Waals surface area contributed by atoms with E-state index in [0.29, 0.717) is 0 Å². The van der Waals surface area contributed by atoms with Gasteiger partial charge in [0.15, 0.2) is 0 Å².